The van der Waals surface area contributed by atoms with Crippen LogP contribution in [-0.4, -0.2) is 35.4 Å². The van der Waals surface area contributed by atoms with Gasteiger partial charge in [0, 0.05) is 37.3 Å². The van der Waals surface area contributed by atoms with Gasteiger partial charge in [0.1, 0.15) is 0 Å². The SMILES string of the molecule is O=C(C1CCNCC1)N1CCc2ncccc2C1. The Morgan fingerprint density at radius 1 is 1.39 bits per heavy atom. The van der Waals surface area contributed by atoms with Crippen LogP contribution in [0.15, 0.2) is 18.3 Å². The molecule has 1 saturated heterocycles. The van der Waals surface area contributed by atoms with Crippen LogP contribution in [0.2, 0.25) is 0 Å². The summed E-state index contributed by atoms with van der Waals surface area (Å²) in [6.07, 6.45) is 4.69. The van der Waals surface area contributed by atoms with Crippen molar-refractivity contribution < 1.29 is 4.79 Å². The summed E-state index contributed by atoms with van der Waals surface area (Å²) in [4.78, 5) is 18.8. The zero-order valence-electron chi connectivity index (χ0n) is 10.6. The monoisotopic (exact) mass is 245 g/mol. The van der Waals surface area contributed by atoms with Crippen LogP contribution in [-0.2, 0) is 17.8 Å². The van der Waals surface area contributed by atoms with Crippen LogP contribution < -0.4 is 5.32 Å². The Morgan fingerprint density at radius 3 is 3.06 bits per heavy atom. The molecule has 0 atom stereocenters. The van der Waals surface area contributed by atoms with Crippen molar-refractivity contribution in [3.8, 4) is 0 Å². The summed E-state index contributed by atoms with van der Waals surface area (Å²) < 4.78 is 0. The molecule has 0 bridgehead atoms. The first-order valence-electron chi connectivity index (χ1n) is 6.77. The Balaban J connectivity index is 1.69. The number of pyridine rings is 1. The van der Waals surface area contributed by atoms with Gasteiger partial charge in [0.05, 0.1) is 0 Å². The van der Waals surface area contributed by atoms with Gasteiger partial charge in [-0.25, -0.2) is 0 Å². The van der Waals surface area contributed by atoms with Crippen LogP contribution in [0.25, 0.3) is 0 Å². The molecule has 1 aromatic rings. The van der Waals surface area contributed by atoms with Gasteiger partial charge in [-0.15, -0.1) is 0 Å². The fraction of sp³-hybridized carbons (Fsp3) is 0.571. The normalized spacial score (nSPS) is 20.6. The predicted molar refractivity (Wildman–Crippen MR) is 69.0 cm³/mol. The lowest BCUT2D eigenvalue weighted by Crippen LogP contribution is -2.43. The molecule has 0 saturated carbocycles. The number of carbonyl (C=O) groups is 1. The van der Waals surface area contributed by atoms with E-state index >= 15 is 0 Å². The minimum Gasteiger partial charge on any atom is -0.338 e. The first-order chi connectivity index (χ1) is 8.84. The molecule has 3 rings (SSSR count). The third-order valence-corrected chi connectivity index (χ3v) is 3.96. The van der Waals surface area contributed by atoms with Gasteiger partial charge in [-0.2, -0.15) is 0 Å². The van der Waals surface area contributed by atoms with E-state index in [0.717, 1.165) is 51.1 Å². The summed E-state index contributed by atoms with van der Waals surface area (Å²) in [6.45, 7) is 3.52. The molecule has 18 heavy (non-hydrogen) atoms. The molecule has 1 amide bonds. The Labute approximate surface area is 107 Å². The van der Waals surface area contributed by atoms with Crippen molar-refractivity contribution >= 4 is 5.91 Å². The molecule has 1 N–H and O–H groups in total. The number of hydrogen-bond acceptors (Lipinski definition) is 3. The average molecular weight is 245 g/mol. The van der Waals surface area contributed by atoms with Gasteiger partial charge in [-0.1, -0.05) is 6.07 Å². The highest BCUT2D eigenvalue weighted by Crippen LogP contribution is 2.21. The minimum atomic E-state index is 0.226. The second-order valence-corrected chi connectivity index (χ2v) is 5.14. The summed E-state index contributed by atoms with van der Waals surface area (Å²) in [6, 6.07) is 4.04. The minimum absolute atomic E-state index is 0.226. The molecule has 1 fully saturated rings. The largest absolute Gasteiger partial charge is 0.338 e. The molecule has 96 valence electrons. The Morgan fingerprint density at radius 2 is 2.22 bits per heavy atom. The van der Waals surface area contributed by atoms with Gasteiger partial charge >= 0.3 is 0 Å². The van der Waals surface area contributed by atoms with Crippen molar-refractivity contribution in [1.82, 2.24) is 15.2 Å². The van der Waals surface area contributed by atoms with E-state index in [1.165, 1.54) is 5.56 Å². The summed E-state index contributed by atoms with van der Waals surface area (Å²) in [5.41, 5.74) is 2.37. The van der Waals surface area contributed by atoms with E-state index in [4.69, 9.17) is 0 Å². The van der Waals surface area contributed by atoms with Crippen LogP contribution in [0.3, 0.4) is 0 Å². The average Bonchev–Trinajstić information content (AvgIpc) is 2.47. The zero-order valence-corrected chi connectivity index (χ0v) is 10.6. The van der Waals surface area contributed by atoms with Crippen molar-refractivity contribution in [2.45, 2.75) is 25.8 Å². The van der Waals surface area contributed by atoms with Gasteiger partial charge in [0.2, 0.25) is 5.91 Å². The van der Waals surface area contributed by atoms with Gasteiger partial charge in [-0.3, -0.25) is 9.78 Å². The van der Waals surface area contributed by atoms with E-state index in [1.54, 1.807) is 0 Å². The molecule has 3 heterocycles. The van der Waals surface area contributed by atoms with Crippen molar-refractivity contribution in [2.75, 3.05) is 19.6 Å². The van der Waals surface area contributed by atoms with Gasteiger partial charge in [0.15, 0.2) is 0 Å². The first kappa shape index (κ1) is 11.7. The van der Waals surface area contributed by atoms with E-state index < -0.39 is 0 Å². The van der Waals surface area contributed by atoms with Gasteiger partial charge < -0.3 is 10.2 Å². The van der Waals surface area contributed by atoms with Crippen molar-refractivity contribution in [1.29, 1.82) is 0 Å². The van der Waals surface area contributed by atoms with Crippen LogP contribution >= 0.6 is 0 Å². The molecule has 1 aromatic heterocycles. The number of fused-ring (bicyclic) bond motifs is 1. The maximum atomic E-state index is 12.4. The van der Waals surface area contributed by atoms with Crippen LogP contribution in [0, 0.1) is 5.92 Å². The molecule has 0 aliphatic carbocycles. The highest BCUT2D eigenvalue weighted by atomic mass is 16.2. The maximum Gasteiger partial charge on any atom is 0.226 e. The number of nitrogens with one attached hydrogen (secondary N) is 1. The molecular formula is C14H19N3O. The fourth-order valence-corrected chi connectivity index (χ4v) is 2.88. The van der Waals surface area contributed by atoms with E-state index in [0.29, 0.717) is 5.91 Å². The Hall–Kier alpha value is -1.42. The second kappa shape index (κ2) is 5.06. The van der Waals surface area contributed by atoms with Crippen LogP contribution in [0.1, 0.15) is 24.1 Å². The molecule has 0 unspecified atom stereocenters. The standard InChI is InChI=1S/C14H19N3O/c18-14(11-3-7-15-8-4-11)17-9-5-13-12(10-17)2-1-6-16-13/h1-2,6,11,15H,3-5,7-10H2. The van der Waals surface area contributed by atoms with Gasteiger partial charge in [-0.05, 0) is 37.6 Å². The third kappa shape index (κ3) is 2.25. The fourth-order valence-electron chi connectivity index (χ4n) is 2.88. The molecule has 2 aliphatic heterocycles. The Kier molecular flexibility index (Phi) is 3.28. The summed E-state index contributed by atoms with van der Waals surface area (Å²) in [5.74, 6) is 0.565. The lowest BCUT2D eigenvalue weighted by molar-refractivity contribution is -0.137. The van der Waals surface area contributed by atoms with Gasteiger partial charge in [0.25, 0.3) is 0 Å². The molecular weight excluding hydrogens is 226 g/mol. The number of piperidine rings is 1. The molecule has 0 aromatic carbocycles. The second-order valence-electron chi connectivity index (χ2n) is 5.14. The van der Waals surface area contributed by atoms with E-state index in [1.807, 2.05) is 17.2 Å². The third-order valence-electron chi connectivity index (χ3n) is 3.96. The Bertz CT molecular complexity index is 440. The summed E-state index contributed by atoms with van der Waals surface area (Å²) in [7, 11) is 0. The van der Waals surface area contributed by atoms with E-state index in [-0.39, 0.29) is 5.92 Å². The quantitative estimate of drug-likeness (QED) is 0.801. The number of hydrogen-bond donors (Lipinski definition) is 1. The summed E-state index contributed by atoms with van der Waals surface area (Å²) in [5, 5.41) is 3.31. The van der Waals surface area contributed by atoms with Crippen molar-refractivity contribution in [3.63, 3.8) is 0 Å². The molecule has 0 spiro atoms. The van der Waals surface area contributed by atoms with Crippen molar-refractivity contribution in [2.24, 2.45) is 5.92 Å². The first-order valence-corrected chi connectivity index (χ1v) is 6.77. The highest BCUT2D eigenvalue weighted by molar-refractivity contribution is 5.79. The number of nitrogens with zero attached hydrogens (tertiary/aromatic N) is 2. The molecule has 2 aliphatic rings. The van der Waals surface area contributed by atoms with E-state index in [2.05, 4.69) is 16.4 Å². The number of carbonyl (C=O) groups excluding carboxylic acids is 1. The predicted octanol–water partition coefficient (Wildman–Crippen LogP) is 0.966. The smallest absolute Gasteiger partial charge is 0.226 e. The molecule has 0 radical (unpaired) electrons. The maximum absolute atomic E-state index is 12.4. The highest BCUT2D eigenvalue weighted by Gasteiger charge is 2.28. The van der Waals surface area contributed by atoms with Crippen molar-refractivity contribution in [3.05, 3.63) is 29.6 Å². The van der Waals surface area contributed by atoms with E-state index in [9.17, 15) is 4.79 Å². The lowest BCUT2D eigenvalue weighted by Gasteiger charge is -2.32. The number of aromatic nitrogens is 1. The molecule has 4 heteroatoms. The summed E-state index contributed by atoms with van der Waals surface area (Å²) >= 11 is 0. The van der Waals surface area contributed by atoms with Crippen LogP contribution in [0.5, 0.6) is 0 Å². The molecule has 4 nitrogen and oxygen atoms in total. The topological polar surface area (TPSA) is 45.2 Å². The van der Waals surface area contributed by atoms with Crippen LogP contribution in [0.4, 0.5) is 0 Å². The number of amides is 1. The number of rotatable bonds is 1. The zero-order chi connectivity index (χ0) is 12.4. The lowest BCUT2D eigenvalue weighted by atomic mass is 9.95.